The molecule has 0 fully saturated rings. The molecular weight excluding hydrogens is 366 g/mol. The van der Waals surface area contributed by atoms with E-state index in [0.717, 1.165) is 23.3 Å². The van der Waals surface area contributed by atoms with Crippen LogP contribution < -0.4 is 10.1 Å². The molecule has 2 aromatic heterocycles. The maximum Gasteiger partial charge on any atom is 0.230 e. The van der Waals surface area contributed by atoms with E-state index in [0.29, 0.717) is 29.7 Å². The van der Waals surface area contributed by atoms with Crippen molar-refractivity contribution in [3.8, 4) is 11.9 Å². The van der Waals surface area contributed by atoms with Gasteiger partial charge in [0.1, 0.15) is 16.6 Å². The van der Waals surface area contributed by atoms with Crippen LogP contribution >= 0.6 is 11.6 Å². The number of nitrogens with one attached hydrogen (secondary N) is 1. The lowest BCUT2D eigenvalue weighted by Crippen LogP contribution is -2.23. The number of nitrogens with zero attached hydrogens (tertiary/aromatic N) is 4. The molecule has 7 nitrogen and oxygen atoms in total. The molecule has 0 aromatic carbocycles. The molecule has 0 atom stereocenters. The number of methoxy groups -OCH3 is 1. The number of carbonyl (C=O) groups excluding carboxylic acids is 1. The molecule has 0 radical (unpaired) electrons. The van der Waals surface area contributed by atoms with Crippen LogP contribution in [0, 0.1) is 11.5 Å². The fourth-order valence-electron chi connectivity index (χ4n) is 2.73. The van der Waals surface area contributed by atoms with E-state index in [1.807, 2.05) is 18.2 Å². The summed E-state index contributed by atoms with van der Waals surface area (Å²) in [5.41, 5.74) is 2.79. The molecule has 0 unspecified atom stereocenters. The third kappa shape index (κ3) is 4.74. The summed E-state index contributed by atoms with van der Waals surface area (Å²) in [5, 5.41) is 12.0. The zero-order chi connectivity index (χ0) is 19.2. The predicted molar refractivity (Wildman–Crippen MR) is 102 cm³/mol. The Labute approximate surface area is 162 Å². The average Bonchev–Trinajstić information content (AvgIpc) is 2.70. The van der Waals surface area contributed by atoms with Crippen molar-refractivity contribution in [3.05, 3.63) is 52.9 Å². The van der Waals surface area contributed by atoms with E-state index in [9.17, 15) is 4.79 Å². The van der Waals surface area contributed by atoms with Gasteiger partial charge in [0.2, 0.25) is 5.91 Å². The van der Waals surface area contributed by atoms with Crippen LogP contribution in [0.15, 0.2) is 36.7 Å². The van der Waals surface area contributed by atoms with Gasteiger partial charge in [-0.2, -0.15) is 5.26 Å². The number of amides is 1. The van der Waals surface area contributed by atoms with Gasteiger partial charge in [0, 0.05) is 25.4 Å². The van der Waals surface area contributed by atoms with Gasteiger partial charge in [0.15, 0.2) is 6.19 Å². The van der Waals surface area contributed by atoms with Crippen LogP contribution in [-0.4, -0.2) is 41.0 Å². The summed E-state index contributed by atoms with van der Waals surface area (Å²) in [7, 11) is 1.50. The summed E-state index contributed by atoms with van der Waals surface area (Å²) in [6.45, 7) is 1.31. The first kappa shape index (κ1) is 18.7. The highest BCUT2D eigenvalue weighted by molar-refractivity contribution is 6.32. The van der Waals surface area contributed by atoms with Crippen LogP contribution in [0.4, 0.5) is 5.82 Å². The van der Waals surface area contributed by atoms with Crippen molar-refractivity contribution in [1.29, 1.82) is 5.26 Å². The number of aromatic nitrogens is 2. The molecule has 3 heterocycles. The Morgan fingerprint density at radius 2 is 2.26 bits per heavy atom. The van der Waals surface area contributed by atoms with E-state index >= 15 is 0 Å². The zero-order valence-corrected chi connectivity index (χ0v) is 15.5. The van der Waals surface area contributed by atoms with E-state index in [-0.39, 0.29) is 12.3 Å². The third-order valence-corrected chi connectivity index (χ3v) is 4.46. The smallest absolute Gasteiger partial charge is 0.230 e. The molecule has 138 valence electrons. The molecule has 0 saturated carbocycles. The molecule has 0 bridgehead atoms. The van der Waals surface area contributed by atoms with Crippen molar-refractivity contribution in [1.82, 2.24) is 14.9 Å². The fourth-order valence-corrected chi connectivity index (χ4v) is 2.91. The first-order valence-corrected chi connectivity index (χ1v) is 8.75. The average molecular weight is 384 g/mol. The summed E-state index contributed by atoms with van der Waals surface area (Å²) in [6, 6.07) is 5.36. The van der Waals surface area contributed by atoms with Gasteiger partial charge in [-0.05, 0) is 23.6 Å². The minimum atomic E-state index is -0.206. The summed E-state index contributed by atoms with van der Waals surface area (Å²) < 4.78 is 5.11. The van der Waals surface area contributed by atoms with Gasteiger partial charge in [-0.1, -0.05) is 23.7 Å². The summed E-state index contributed by atoms with van der Waals surface area (Å²) >= 11 is 5.93. The van der Waals surface area contributed by atoms with Crippen molar-refractivity contribution < 1.29 is 9.53 Å². The molecule has 8 heteroatoms. The van der Waals surface area contributed by atoms with Gasteiger partial charge < -0.3 is 15.0 Å². The SMILES string of the molecule is COc1cc(NC(=O)Cc2ccc(C3=CCN(C#N)CC3)nc2)ncc1Cl. The number of hydrogen-bond donors (Lipinski definition) is 1. The molecule has 27 heavy (non-hydrogen) atoms. The second-order valence-electron chi connectivity index (χ2n) is 6.01. The molecule has 2 aromatic rings. The normalized spacial score (nSPS) is 13.5. The Morgan fingerprint density at radius 3 is 2.89 bits per heavy atom. The number of halogens is 1. The molecule has 0 saturated heterocycles. The Hall–Kier alpha value is -3.11. The predicted octanol–water partition coefficient (Wildman–Crippen LogP) is 2.89. The molecule has 3 rings (SSSR count). The van der Waals surface area contributed by atoms with E-state index in [2.05, 4.69) is 21.5 Å². The lowest BCUT2D eigenvalue weighted by atomic mass is 10.0. The molecule has 1 amide bonds. The topological polar surface area (TPSA) is 91.1 Å². The number of carbonyl (C=O) groups is 1. The quantitative estimate of drug-likeness (QED) is 0.798. The first-order valence-electron chi connectivity index (χ1n) is 8.37. The van der Waals surface area contributed by atoms with Gasteiger partial charge in [-0.3, -0.25) is 9.78 Å². The fraction of sp³-hybridized carbons (Fsp3) is 0.263. The van der Waals surface area contributed by atoms with Crippen LogP contribution in [0.5, 0.6) is 5.75 Å². The Morgan fingerprint density at radius 1 is 1.41 bits per heavy atom. The number of hydrogen-bond acceptors (Lipinski definition) is 6. The van der Waals surface area contributed by atoms with Gasteiger partial charge >= 0.3 is 0 Å². The lowest BCUT2D eigenvalue weighted by Gasteiger charge is -2.20. The highest BCUT2D eigenvalue weighted by atomic mass is 35.5. The minimum absolute atomic E-state index is 0.182. The van der Waals surface area contributed by atoms with Gasteiger partial charge in [0.05, 0.1) is 25.4 Å². The van der Waals surface area contributed by atoms with Crippen molar-refractivity contribution in [2.24, 2.45) is 0 Å². The van der Waals surface area contributed by atoms with Crippen LogP contribution in [-0.2, 0) is 11.2 Å². The molecule has 1 aliphatic rings. The number of anilines is 1. The van der Waals surface area contributed by atoms with E-state index < -0.39 is 0 Å². The minimum Gasteiger partial charge on any atom is -0.495 e. The van der Waals surface area contributed by atoms with Crippen LogP contribution in [0.1, 0.15) is 17.7 Å². The molecule has 1 N–H and O–H groups in total. The van der Waals surface area contributed by atoms with Crippen molar-refractivity contribution in [3.63, 3.8) is 0 Å². The van der Waals surface area contributed by atoms with Crippen molar-refractivity contribution >= 4 is 28.9 Å². The maximum absolute atomic E-state index is 12.2. The highest BCUT2D eigenvalue weighted by Gasteiger charge is 2.13. The van der Waals surface area contributed by atoms with Crippen molar-refractivity contribution in [2.75, 3.05) is 25.5 Å². The van der Waals surface area contributed by atoms with Gasteiger partial charge in [-0.25, -0.2) is 4.98 Å². The zero-order valence-electron chi connectivity index (χ0n) is 14.8. The Bertz CT molecular complexity index is 905. The maximum atomic E-state index is 12.2. The first-order chi connectivity index (χ1) is 13.1. The largest absolute Gasteiger partial charge is 0.495 e. The summed E-state index contributed by atoms with van der Waals surface area (Å²) in [6.07, 6.45) is 8.24. The summed E-state index contributed by atoms with van der Waals surface area (Å²) in [5.74, 6) is 0.618. The standard InChI is InChI=1S/C19H18ClN5O2/c1-27-17-9-18(23-11-15(17)20)24-19(26)8-13-2-3-16(22-10-13)14-4-6-25(12-21)7-5-14/h2-4,9-11H,5-8H2,1H3,(H,23,24,26). The van der Waals surface area contributed by atoms with E-state index in [4.69, 9.17) is 21.6 Å². The highest BCUT2D eigenvalue weighted by Crippen LogP contribution is 2.25. The molecular formula is C19H18ClN5O2. The molecule has 1 aliphatic heterocycles. The van der Waals surface area contributed by atoms with Crippen LogP contribution in [0.2, 0.25) is 5.02 Å². The number of pyridine rings is 2. The Kier molecular flexibility index (Phi) is 5.89. The second kappa shape index (κ2) is 8.52. The number of rotatable bonds is 5. The Balaban J connectivity index is 1.60. The molecule has 0 aliphatic carbocycles. The number of nitriles is 1. The van der Waals surface area contributed by atoms with E-state index in [1.54, 1.807) is 17.2 Å². The van der Waals surface area contributed by atoms with Crippen LogP contribution in [0.3, 0.4) is 0 Å². The second-order valence-corrected chi connectivity index (χ2v) is 6.41. The van der Waals surface area contributed by atoms with Crippen LogP contribution in [0.25, 0.3) is 5.57 Å². The van der Waals surface area contributed by atoms with E-state index in [1.165, 1.54) is 13.3 Å². The number of ether oxygens (including phenoxy) is 1. The summed E-state index contributed by atoms with van der Waals surface area (Å²) in [4.78, 5) is 22.4. The third-order valence-electron chi connectivity index (χ3n) is 4.18. The van der Waals surface area contributed by atoms with Gasteiger partial charge in [0.25, 0.3) is 0 Å². The molecule has 0 spiro atoms. The monoisotopic (exact) mass is 383 g/mol. The van der Waals surface area contributed by atoms with Gasteiger partial charge in [-0.15, -0.1) is 0 Å². The lowest BCUT2D eigenvalue weighted by molar-refractivity contribution is -0.115. The van der Waals surface area contributed by atoms with Crippen molar-refractivity contribution in [2.45, 2.75) is 12.8 Å².